The Labute approximate surface area is 150 Å². The van der Waals surface area contributed by atoms with Gasteiger partial charge in [-0.1, -0.05) is 0 Å². The van der Waals surface area contributed by atoms with E-state index in [0.717, 1.165) is 0 Å². The summed E-state index contributed by atoms with van der Waals surface area (Å²) in [6.45, 7) is 1.89. The van der Waals surface area contributed by atoms with Gasteiger partial charge in [0.05, 0.1) is 23.0 Å². The quantitative estimate of drug-likeness (QED) is 0.418. The lowest BCUT2D eigenvalue weighted by Gasteiger charge is -2.09. The van der Waals surface area contributed by atoms with Crippen molar-refractivity contribution in [2.24, 2.45) is 0 Å². The topological polar surface area (TPSA) is 116 Å². The molecule has 10 heteroatoms. The molecule has 0 unspecified atom stereocenters. The molecule has 1 aliphatic heterocycles. The predicted octanol–water partition coefficient (Wildman–Crippen LogP) is -1.29. The zero-order valence-electron chi connectivity index (χ0n) is 13.5. The van der Waals surface area contributed by atoms with Crippen LogP contribution in [-0.2, 0) is 19.2 Å². The van der Waals surface area contributed by atoms with Crippen molar-refractivity contribution >= 4 is 47.2 Å². The SMILES string of the molecule is O=C1CSCC(=O)NCCCNC(=O)CSCC(=O)NCCCN1. The number of nitrogens with one attached hydrogen (secondary N) is 4. The summed E-state index contributed by atoms with van der Waals surface area (Å²) in [5, 5.41) is 11.0. The molecule has 4 amide bonds. The van der Waals surface area contributed by atoms with Crippen LogP contribution in [0.3, 0.4) is 0 Å². The van der Waals surface area contributed by atoms with E-state index >= 15 is 0 Å². The van der Waals surface area contributed by atoms with Gasteiger partial charge >= 0.3 is 0 Å². The maximum absolute atomic E-state index is 11.6. The van der Waals surface area contributed by atoms with Gasteiger partial charge in [-0.25, -0.2) is 0 Å². The fourth-order valence-corrected chi connectivity index (χ4v) is 3.12. The van der Waals surface area contributed by atoms with E-state index in [-0.39, 0.29) is 46.6 Å². The minimum Gasteiger partial charge on any atom is -0.355 e. The van der Waals surface area contributed by atoms with E-state index in [1.807, 2.05) is 0 Å². The van der Waals surface area contributed by atoms with Crippen LogP contribution in [-0.4, -0.2) is 72.8 Å². The molecule has 24 heavy (non-hydrogen) atoms. The summed E-state index contributed by atoms with van der Waals surface area (Å²) in [6, 6.07) is 0. The van der Waals surface area contributed by atoms with E-state index < -0.39 is 0 Å². The third kappa shape index (κ3) is 11.2. The summed E-state index contributed by atoms with van der Waals surface area (Å²) in [5.41, 5.74) is 0. The van der Waals surface area contributed by atoms with Crippen LogP contribution in [0.25, 0.3) is 0 Å². The molecule has 0 atom stereocenters. The van der Waals surface area contributed by atoms with Gasteiger partial charge in [0.1, 0.15) is 0 Å². The molecule has 0 aromatic rings. The Hall–Kier alpha value is -1.42. The molecular formula is C14H24N4O4S2. The average Bonchev–Trinajstić information content (AvgIpc) is 2.53. The van der Waals surface area contributed by atoms with Gasteiger partial charge in [0.2, 0.25) is 23.6 Å². The average molecular weight is 377 g/mol. The second-order valence-corrected chi connectivity index (χ2v) is 7.06. The number of hydrogen-bond donors (Lipinski definition) is 4. The highest BCUT2D eigenvalue weighted by Crippen LogP contribution is 2.00. The number of amides is 4. The van der Waals surface area contributed by atoms with Gasteiger partial charge in [-0.3, -0.25) is 19.2 Å². The van der Waals surface area contributed by atoms with E-state index in [2.05, 4.69) is 21.3 Å². The Balaban J connectivity index is 2.34. The van der Waals surface area contributed by atoms with Crippen molar-refractivity contribution in [3.8, 4) is 0 Å². The first-order valence-corrected chi connectivity index (χ1v) is 10.1. The number of thioether (sulfide) groups is 2. The number of rotatable bonds is 0. The Morgan fingerprint density at radius 1 is 0.500 bits per heavy atom. The van der Waals surface area contributed by atoms with Crippen LogP contribution in [0.15, 0.2) is 0 Å². The molecule has 1 rings (SSSR count). The van der Waals surface area contributed by atoms with Gasteiger partial charge in [-0.15, -0.1) is 23.5 Å². The van der Waals surface area contributed by atoms with E-state index in [4.69, 9.17) is 0 Å². The summed E-state index contributed by atoms with van der Waals surface area (Å²) >= 11 is 2.51. The number of carbonyl (C=O) groups is 4. The van der Waals surface area contributed by atoms with Crippen LogP contribution in [0.1, 0.15) is 12.8 Å². The maximum Gasteiger partial charge on any atom is 0.230 e. The van der Waals surface area contributed by atoms with Gasteiger partial charge in [-0.05, 0) is 12.8 Å². The second-order valence-electron chi connectivity index (χ2n) is 5.09. The molecule has 1 aliphatic rings. The third-order valence-electron chi connectivity index (χ3n) is 2.93. The highest BCUT2D eigenvalue weighted by molar-refractivity contribution is 8.00. The summed E-state index contributed by atoms with van der Waals surface area (Å²) in [6.07, 6.45) is 1.27. The summed E-state index contributed by atoms with van der Waals surface area (Å²) in [5.74, 6) is 0.440. The van der Waals surface area contributed by atoms with Crippen molar-refractivity contribution in [1.29, 1.82) is 0 Å². The van der Waals surface area contributed by atoms with E-state index in [9.17, 15) is 19.2 Å². The Morgan fingerprint density at radius 3 is 1.00 bits per heavy atom. The molecule has 0 radical (unpaired) electrons. The molecule has 0 aromatic heterocycles. The lowest BCUT2D eigenvalue weighted by molar-refractivity contribution is -0.119. The Kier molecular flexibility index (Phi) is 11.1. The normalized spacial score (nSPS) is 21.0. The number of carbonyl (C=O) groups excluding carboxylic acids is 4. The molecule has 1 heterocycles. The molecule has 0 spiro atoms. The van der Waals surface area contributed by atoms with Crippen LogP contribution >= 0.6 is 23.5 Å². The van der Waals surface area contributed by atoms with E-state index in [0.29, 0.717) is 39.0 Å². The van der Waals surface area contributed by atoms with Crippen molar-refractivity contribution < 1.29 is 19.2 Å². The highest BCUT2D eigenvalue weighted by atomic mass is 32.2. The van der Waals surface area contributed by atoms with Crippen LogP contribution in [0.4, 0.5) is 0 Å². The van der Waals surface area contributed by atoms with Gasteiger partial charge in [0.25, 0.3) is 0 Å². The molecule has 1 fully saturated rings. The van der Waals surface area contributed by atoms with Crippen LogP contribution < -0.4 is 21.3 Å². The van der Waals surface area contributed by atoms with Crippen molar-refractivity contribution in [1.82, 2.24) is 21.3 Å². The third-order valence-corrected chi connectivity index (χ3v) is 4.79. The van der Waals surface area contributed by atoms with Crippen molar-refractivity contribution in [2.45, 2.75) is 12.8 Å². The fraction of sp³-hybridized carbons (Fsp3) is 0.714. The lowest BCUT2D eigenvalue weighted by Crippen LogP contribution is -2.34. The van der Waals surface area contributed by atoms with Gasteiger partial charge in [0, 0.05) is 26.2 Å². The fourth-order valence-electron chi connectivity index (χ4n) is 1.76. The van der Waals surface area contributed by atoms with Gasteiger partial charge < -0.3 is 21.3 Å². The van der Waals surface area contributed by atoms with Crippen LogP contribution in [0.2, 0.25) is 0 Å². The molecule has 0 aromatic carbocycles. The molecule has 1 saturated heterocycles. The minimum atomic E-state index is -0.119. The van der Waals surface area contributed by atoms with Crippen LogP contribution in [0, 0.1) is 0 Å². The van der Waals surface area contributed by atoms with Gasteiger partial charge in [-0.2, -0.15) is 0 Å². The van der Waals surface area contributed by atoms with Crippen molar-refractivity contribution in [3.05, 3.63) is 0 Å². The zero-order chi connectivity index (χ0) is 17.6. The summed E-state index contributed by atoms with van der Waals surface area (Å²) in [7, 11) is 0. The zero-order valence-corrected chi connectivity index (χ0v) is 15.2. The molecule has 8 nitrogen and oxygen atoms in total. The molecule has 0 saturated carbocycles. The monoisotopic (exact) mass is 376 g/mol. The molecule has 136 valence electrons. The minimum absolute atomic E-state index is 0.119. The Morgan fingerprint density at radius 2 is 0.750 bits per heavy atom. The van der Waals surface area contributed by atoms with Crippen LogP contribution in [0.5, 0.6) is 0 Å². The summed E-state index contributed by atoms with van der Waals surface area (Å²) < 4.78 is 0. The van der Waals surface area contributed by atoms with Crippen molar-refractivity contribution in [2.75, 3.05) is 49.2 Å². The smallest absolute Gasteiger partial charge is 0.230 e. The first-order chi connectivity index (χ1) is 11.6. The number of hydrogen-bond acceptors (Lipinski definition) is 6. The highest BCUT2D eigenvalue weighted by Gasteiger charge is 2.07. The van der Waals surface area contributed by atoms with E-state index in [1.165, 1.54) is 23.5 Å². The first-order valence-electron chi connectivity index (χ1n) is 7.80. The standard InChI is InChI=1S/C14H24N4O4S2/c19-11-7-23-9-13(21)17-5-2-6-18-14(22)10-24-8-12(20)16-4-1-3-15-11/h1-10H2,(H,15,19)(H,16,20)(H,17,21)(H,18,22). The summed E-state index contributed by atoms with van der Waals surface area (Å²) in [4.78, 5) is 46.3. The second kappa shape index (κ2) is 12.9. The predicted molar refractivity (Wildman–Crippen MR) is 95.9 cm³/mol. The maximum atomic E-state index is 11.6. The van der Waals surface area contributed by atoms with Crippen molar-refractivity contribution in [3.63, 3.8) is 0 Å². The largest absolute Gasteiger partial charge is 0.355 e. The lowest BCUT2D eigenvalue weighted by atomic mass is 10.4. The molecule has 0 bridgehead atoms. The molecule has 0 aliphatic carbocycles. The first kappa shape index (κ1) is 20.6. The molecule has 4 N–H and O–H groups in total. The Bertz CT molecular complexity index is 372. The van der Waals surface area contributed by atoms with E-state index in [1.54, 1.807) is 0 Å². The molecular weight excluding hydrogens is 352 g/mol. The van der Waals surface area contributed by atoms with Gasteiger partial charge in [0.15, 0.2) is 0 Å².